The van der Waals surface area contributed by atoms with Crippen molar-refractivity contribution in [2.75, 3.05) is 0 Å². The topological polar surface area (TPSA) is 20.2 Å². The minimum atomic E-state index is -0.625. The molecule has 0 aliphatic carbocycles. The van der Waals surface area contributed by atoms with Gasteiger partial charge in [0.15, 0.2) is 0 Å². The third-order valence-corrected chi connectivity index (χ3v) is 2.51. The van der Waals surface area contributed by atoms with Gasteiger partial charge in [-0.25, -0.2) is 0 Å². The lowest BCUT2D eigenvalue weighted by Gasteiger charge is -2.19. The molecule has 1 nitrogen and oxygen atoms in total. The third kappa shape index (κ3) is 1.39. The molecule has 0 aromatic carbocycles. The van der Waals surface area contributed by atoms with E-state index in [1.165, 1.54) is 0 Å². The maximum absolute atomic E-state index is 9.69. The summed E-state index contributed by atoms with van der Waals surface area (Å²) in [5.74, 6) is 0. The molecular formula is C8H12OS. The summed E-state index contributed by atoms with van der Waals surface area (Å²) in [4.78, 5) is 0. The molecule has 0 spiro atoms. The van der Waals surface area contributed by atoms with Crippen LogP contribution in [0.1, 0.15) is 25.8 Å². The molecule has 0 bridgehead atoms. The number of hydrogen-bond acceptors (Lipinski definition) is 2. The molecule has 0 saturated heterocycles. The summed E-state index contributed by atoms with van der Waals surface area (Å²) in [6, 6.07) is 1.97. The molecule has 1 N–H and O–H groups in total. The average Bonchev–Trinajstić information content (AvgIpc) is 2.38. The lowest BCUT2D eigenvalue weighted by Crippen LogP contribution is -2.18. The first-order chi connectivity index (χ1) is 4.67. The molecule has 0 amide bonds. The smallest absolute Gasteiger partial charge is 0.0873 e. The van der Waals surface area contributed by atoms with Crippen LogP contribution in [-0.4, -0.2) is 5.11 Å². The summed E-state index contributed by atoms with van der Waals surface area (Å²) >= 11 is 1.62. The molecule has 0 aliphatic heterocycles. The summed E-state index contributed by atoms with van der Waals surface area (Å²) in [6.45, 7) is 3.83. The van der Waals surface area contributed by atoms with E-state index in [1.54, 1.807) is 11.3 Å². The van der Waals surface area contributed by atoms with E-state index in [0.29, 0.717) is 0 Å². The van der Waals surface area contributed by atoms with Crippen LogP contribution in [0.4, 0.5) is 0 Å². The Labute approximate surface area is 65.3 Å². The van der Waals surface area contributed by atoms with Gasteiger partial charge in [-0.1, -0.05) is 6.92 Å². The molecule has 1 atom stereocenters. The van der Waals surface area contributed by atoms with E-state index in [9.17, 15) is 5.11 Å². The minimum Gasteiger partial charge on any atom is -0.385 e. The van der Waals surface area contributed by atoms with Gasteiger partial charge >= 0.3 is 0 Å². The van der Waals surface area contributed by atoms with Gasteiger partial charge in [0.05, 0.1) is 5.60 Å². The summed E-state index contributed by atoms with van der Waals surface area (Å²) in [5.41, 5.74) is 0.403. The molecule has 1 rings (SSSR count). The van der Waals surface area contributed by atoms with Crippen LogP contribution >= 0.6 is 11.3 Å². The largest absolute Gasteiger partial charge is 0.385 e. The van der Waals surface area contributed by atoms with Crippen molar-refractivity contribution in [1.29, 1.82) is 0 Å². The summed E-state index contributed by atoms with van der Waals surface area (Å²) in [6.07, 6.45) is 0.768. The molecule has 1 aromatic rings. The van der Waals surface area contributed by atoms with E-state index in [4.69, 9.17) is 0 Å². The highest BCUT2D eigenvalue weighted by atomic mass is 32.1. The zero-order valence-electron chi connectivity index (χ0n) is 6.29. The Morgan fingerprint density at radius 1 is 1.70 bits per heavy atom. The van der Waals surface area contributed by atoms with Gasteiger partial charge in [0.1, 0.15) is 0 Å². The fourth-order valence-corrected chi connectivity index (χ4v) is 1.56. The zero-order valence-corrected chi connectivity index (χ0v) is 7.11. The highest BCUT2D eigenvalue weighted by Gasteiger charge is 2.19. The van der Waals surface area contributed by atoms with Gasteiger partial charge in [-0.15, -0.1) is 0 Å². The van der Waals surface area contributed by atoms with Crippen molar-refractivity contribution in [1.82, 2.24) is 0 Å². The molecule has 2 heteroatoms. The number of hydrogen-bond donors (Lipinski definition) is 1. The molecule has 56 valence electrons. The van der Waals surface area contributed by atoms with Crippen LogP contribution in [0.15, 0.2) is 16.8 Å². The van der Waals surface area contributed by atoms with Crippen molar-refractivity contribution in [3.05, 3.63) is 22.4 Å². The van der Waals surface area contributed by atoms with Crippen LogP contribution in [0.25, 0.3) is 0 Å². The van der Waals surface area contributed by atoms with Crippen molar-refractivity contribution in [3.8, 4) is 0 Å². The van der Waals surface area contributed by atoms with Gasteiger partial charge in [-0.3, -0.25) is 0 Å². The van der Waals surface area contributed by atoms with E-state index >= 15 is 0 Å². The first-order valence-corrected chi connectivity index (χ1v) is 4.36. The SMILES string of the molecule is CCC(C)(O)c1ccsc1. The minimum absolute atomic E-state index is 0.625. The Hall–Kier alpha value is -0.340. The number of aliphatic hydroxyl groups is 1. The lowest BCUT2D eigenvalue weighted by atomic mass is 9.97. The highest BCUT2D eigenvalue weighted by Crippen LogP contribution is 2.25. The van der Waals surface area contributed by atoms with E-state index in [2.05, 4.69) is 0 Å². The Morgan fingerprint density at radius 2 is 2.40 bits per heavy atom. The van der Waals surface area contributed by atoms with Crippen LogP contribution in [0.3, 0.4) is 0 Å². The Bertz CT molecular complexity index is 189. The molecule has 0 fully saturated rings. The first kappa shape index (κ1) is 7.76. The quantitative estimate of drug-likeness (QED) is 0.697. The third-order valence-electron chi connectivity index (χ3n) is 1.83. The molecule has 1 heterocycles. The molecule has 1 aromatic heterocycles. The van der Waals surface area contributed by atoms with Gasteiger partial charge in [0.25, 0.3) is 0 Å². The van der Waals surface area contributed by atoms with E-state index in [0.717, 1.165) is 12.0 Å². The summed E-state index contributed by atoms with van der Waals surface area (Å²) in [5, 5.41) is 13.7. The fraction of sp³-hybridized carbons (Fsp3) is 0.500. The molecule has 1 unspecified atom stereocenters. The predicted octanol–water partition coefficient (Wildman–Crippen LogP) is 2.37. The van der Waals surface area contributed by atoms with Crippen LogP contribution in [-0.2, 0) is 5.60 Å². The van der Waals surface area contributed by atoms with Crippen LogP contribution in [0.2, 0.25) is 0 Å². The van der Waals surface area contributed by atoms with Gasteiger partial charge in [0.2, 0.25) is 0 Å². The zero-order chi connectivity index (χ0) is 7.61. The van der Waals surface area contributed by atoms with Crippen LogP contribution in [0.5, 0.6) is 0 Å². The van der Waals surface area contributed by atoms with Crippen molar-refractivity contribution in [2.24, 2.45) is 0 Å². The highest BCUT2D eigenvalue weighted by molar-refractivity contribution is 7.08. The Morgan fingerprint density at radius 3 is 2.80 bits per heavy atom. The molecule has 0 radical (unpaired) electrons. The standard InChI is InChI=1S/C8H12OS/c1-3-8(2,9)7-4-5-10-6-7/h4-6,9H,3H2,1-2H3. The van der Waals surface area contributed by atoms with Crippen LogP contribution in [0, 0.1) is 0 Å². The maximum Gasteiger partial charge on any atom is 0.0873 e. The first-order valence-electron chi connectivity index (χ1n) is 3.42. The van der Waals surface area contributed by atoms with Gasteiger partial charge in [-0.2, -0.15) is 11.3 Å². The van der Waals surface area contributed by atoms with Gasteiger partial charge < -0.3 is 5.11 Å². The molecule has 10 heavy (non-hydrogen) atoms. The second-order valence-electron chi connectivity index (χ2n) is 2.64. The van der Waals surface area contributed by atoms with Crippen LogP contribution < -0.4 is 0 Å². The van der Waals surface area contributed by atoms with Crippen molar-refractivity contribution in [2.45, 2.75) is 25.9 Å². The van der Waals surface area contributed by atoms with E-state index < -0.39 is 5.60 Å². The molecule has 0 aliphatic rings. The average molecular weight is 156 g/mol. The Kier molecular flexibility index (Phi) is 2.11. The molecular weight excluding hydrogens is 144 g/mol. The van der Waals surface area contributed by atoms with Crippen molar-refractivity contribution >= 4 is 11.3 Å². The normalized spacial score (nSPS) is 16.7. The Balaban J connectivity index is 2.85. The summed E-state index contributed by atoms with van der Waals surface area (Å²) in [7, 11) is 0. The predicted molar refractivity (Wildman–Crippen MR) is 44.2 cm³/mol. The second-order valence-corrected chi connectivity index (χ2v) is 3.42. The van der Waals surface area contributed by atoms with E-state index in [1.807, 2.05) is 30.7 Å². The maximum atomic E-state index is 9.69. The summed E-state index contributed by atoms with van der Waals surface area (Å²) < 4.78 is 0. The lowest BCUT2D eigenvalue weighted by molar-refractivity contribution is 0.0535. The van der Waals surface area contributed by atoms with Gasteiger partial charge in [-0.05, 0) is 35.7 Å². The molecule has 0 saturated carbocycles. The van der Waals surface area contributed by atoms with E-state index in [-0.39, 0.29) is 0 Å². The van der Waals surface area contributed by atoms with Crippen molar-refractivity contribution < 1.29 is 5.11 Å². The van der Waals surface area contributed by atoms with Crippen molar-refractivity contribution in [3.63, 3.8) is 0 Å². The number of rotatable bonds is 2. The number of thiophene rings is 1. The second kappa shape index (κ2) is 2.72. The fourth-order valence-electron chi connectivity index (χ4n) is 0.775. The van der Waals surface area contributed by atoms with Gasteiger partial charge in [0, 0.05) is 0 Å². The monoisotopic (exact) mass is 156 g/mol.